The summed E-state index contributed by atoms with van der Waals surface area (Å²) in [6.07, 6.45) is 1.78. The second kappa shape index (κ2) is 6.65. The number of benzene rings is 1. The molecule has 1 aromatic rings. The van der Waals surface area contributed by atoms with E-state index < -0.39 is 32.9 Å². The average Bonchev–Trinajstić information content (AvgIpc) is 2.36. The van der Waals surface area contributed by atoms with Gasteiger partial charge in [-0.2, -0.15) is 11.8 Å². The molecule has 0 fully saturated rings. The molecule has 0 saturated carbocycles. The average molecular weight is 335 g/mol. The molecule has 4 N–H and O–H groups in total. The van der Waals surface area contributed by atoms with Gasteiger partial charge < -0.3 is 15.3 Å². The van der Waals surface area contributed by atoms with Crippen LogP contribution in [0.2, 0.25) is 0 Å². The third kappa shape index (κ3) is 4.88. The van der Waals surface area contributed by atoms with Gasteiger partial charge in [-0.05, 0) is 31.4 Å². The molecule has 0 amide bonds. The Bertz CT molecular complexity index is 627. The Balaban J connectivity index is 2.99. The van der Waals surface area contributed by atoms with Crippen LogP contribution in [-0.4, -0.2) is 53.9 Å². The largest absolute Gasteiger partial charge is 0.507 e. The highest BCUT2D eigenvalue weighted by Gasteiger charge is 2.24. The minimum absolute atomic E-state index is 0.209. The number of aromatic carboxylic acids is 1. The summed E-state index contributed by atoms with van der Waals surface area (Å²) in [5.41, 5.74) is -1.73. The summed E-state index contributed by atoms with van der Waals surface area (Å²) in [6, 6.07) is 2.95. The number of rotatable bonds is 7. The lowest BCUT2D eigenvalue weighted by Crippen LogP contribution is -2.42. The van der Waals surface area contributed by atoms with Gasteiger partial charge in [0, 0.05) is 12.3 Å². The van der Waals surface area contributed by atoms with Crippen LogP contribution < -0.4 is 4.72 Å². The summed E-state index contributed by atoms with van der Waals surface area (Å²) in [4.78, 5) is 10.6. The molecule has 0 heterocycles. The maximum atomic E-state index is 12.1. The first-order valence-electron chi connectivity index (χ1n) is 5.86. The van der Waals surface area contributed by atoms with E-state index >= 15 is 0 Å². The molecule has 0 saturated heterocycles. The molecule has 0 aliphatic heterocycles. The fourth-order valence-electron chi connectivity index (χ4n) is 1.55. The van der Waals surface area contributed by atoms with Crippen LogP contribution in [0, 0.1) is 0 Å². The first-order valence-corrected chi connectivity index (χ1v) is 8.74. The van der Waals surface area contributed by atoms with Gasteiger partial charge in [-0.15, -0.1) is 0 Å². The zero-order valence-corrected chi connectivity index (χ0v) is 13.2. The van der Waals surface area contributed by atoms with Crippen LogP contribution in [0.5, 0.6) is 5.75 Å². The van der Waals surface area contributed by atoms with Crippen molar-refractivity contribution in [2.24, 2.45) is 0 Å². The number of aliphatic hydroxyl groups is 1. The summed E-state index contributed by atoms with van der Waals surface area (Å²) in [5.74, 6) is -1.61. The summed E-state index contributed by atoms with van der Waals surface area (Å²) in [5, 5.41) is 28.2. The van der Waals surface area contributed by atoms with E-state index in [1.54, 1.807) is 6.26 Å². The third-order valence-electron chi connectivity index (χ3n) is 2.61. The lowest BCUT2D eigenvalue weighted by Gasteiger charge is -2.22. The smallest absolute Gasteiger partial charge is 0.339 e. The number of aromatic hydroxyl groups is 1. The zero-order chi connectivity index (χ0) is 16.3. The molecule has 1 unspecified atom stereocenters. The minimum Gasteiger partial charge on any atom is -0.507 e. The highest BCUT2D eigenvalue weighted by atomic mass is 32.2. The standard InChI is InChI=1S/C12H17NO6S2/c1-12(17,7-20-2)6-13-21(18,19)8-3-4-10(14)9(5-8)11(15)16/h3-5,13-14,17H,6-7H2,1-2H3,(H,15,16). The summed E-state index contributed by atoms with van der Waals surface area (Å²) in [7, 11) is -3.98. The molecule has 0 aliphatic carbocycles. The van der Waals surface area contributed by atoms with Crippen molar-refractivity contribution in [1.82, 2.24) is 4.72 Å². The van der Waals surface area contributed by atoms with Gasteiger partial charge in [-0.3, -0.25) is 0 Å². The van der Waals surface area contributed by atoms with Crippen molar-refractivity contribution in [1.29, 1.82) is 0 Å². The fourth-order valence-corrected chi connectivity index (χ4v) is 3.46. The maximum Gasteiger partial charge on any atom is 0.339 e. The second-order valence-electron chi connectivity index (χ2n) is 4.74. The van der Waals surface area contributed by atoms with Gasteiger partial charge in [-0.1, -0.05) is 0 Å². The first-order chi connectivity index (χ1) is 9.59. The van der Waals surface area contributed by atoms with Gasteiger partial charge in [-0.25, -0.2) is 17.9 Å². The van der Waals surface area contributed by atoms with E-state index in [1.165, 1.54) is 18.7 Å². The van der Waals surface area contributed by atoms with Gasteiger partial charge in [0.1, 0.15) is 11.3 Å². The highest BCUT2D eigenvalue weighted by Crippen LogP contribution is 2.21. The maximum absolute atomic E-state index is 12.1. The lowest BCUT2D eigenvalue weighted by molar-refractivity contribution is 0.0693. The van der Waals surface area contributed by atoms with Gasteiger partial charge >= 0.3 is 5.97 Å². The van der Waals surface area contributed by atoms with Crippen molar-refractivity contribution < 1.29 is 28.5 Å². The van der Waals surface area contributed by atoms with Crippen molar-refractivity contribution in [3.05, 3.63) is 23.8 Å². The van der Waals surface area contributed by atoms with Crippen LogP contribution in [0.4, 0.5) is 0 Å². The quantitative estimate of drug-likeness (QED) is 0.571. The van der Waals surface area contributed by atoms with E-state index in [-0.39, 0.29) is 11.4 Å². The van der Waals surface area contributed by atoms with Gasteiger partial charge in [0.2, 0.25) is 10.0 Å². The topological polar surface area (TPSA) is 124 Å². The third-order valence-corrected chi connectivity index (χ3v) is 4.92. The first kappa shape index (κ1) is 17.8. The van der Waals surface area contributed by atoms with E-state index in [0.29, 0.717) is 5.75 Å². The number of carboxylic acid groups (broad SMARTS) is 1. The summed E-state index contributed by atoms with van der Waals surface area (Å²) in [6.45, 7) is 1.28. The number of carbonyl (C=O) groups is 1. The minimum atomic E-state index is -3.98. The monoisotopic (exact) mass is 335 g/mol. The predicted molar refractivity (Wildman–Crippen MR) is 79.3 cm³/mol. The molecule has 7 nitrogen and oxygen atoms in total. The van der Waals surface area contributed by atoms with Crippen LogP contribution in [0.15, 0.2) is 23.1 Å². The van der Waals surface area contributed by atoms with Gasteiger partial charge in [0.25, 0.3) is 0 Å². The molecular formula is C12H17NO6S2. The molecular weight excluding hydrogens is 318 g/mol. The zero-order valence-electron chi connectivity index (χ0n) is 11.5. The summed E-state index contributed by atoms with van der Waals surface area (Å²) >= 11 is 1.37. The summed E-state index contributed by atoms with van der Waals surface area (Å²) < 4.78 is 26.4. The number of sulfonamides is 1. The van der Waals surface area contributed by atoms with E-state index in [0.717, 1.165) is 18.2 Å². The molecule has 0 radical (unpaired) electrons. The van der Waals surface area contributed by atoms with Gasteiger partial charge in [0.05, 0.1) is 10.5 Å². The Morgan fingerprint density at radius 3 is 2.57 bits per heavy atom. The number of phenols is 1. The number of thioether (sulfide) groups is 1. The molecule has 1 atom stereocenters. The van der Waals surface area contributed by atoms with Crippen molar-refractivity contribution in [2.75, 3.05) is 18.6 Å². The Morgan fingerprint density at radius 1 is 1.43 bits per heavy atom. The Labute approximate surface area is 127 Å². The van der Waals surface area contributed by atoms with Crippen molar-refractivity contribution in [3.63, 3.8) is 0 Å². The fraction of sp³-hybridized carbons (Fsp3) is 0.417. The van der Waals surface area contributed by atoms with E-state index in [4.69, 9.17) is 5.11 Å². The molecule has 0 aromatic heterocycles. The number of nitrogens with one attached hydrogen (secondary N) is 1. The molecule has 1 aromatic carbocycles. The Morgan fingerprint density at radius 2 is 2.05 bits per heavy atom. The number of hydrogen-bond acceptors (Lipinski definition) is 6. The molecule has 0 aliphatic rings. The van der Waals surface area contributed by atoms with Gasteiger partial charge in [0.15, 0.2) is 0 Å². The molecule has 0 spiro atoms. The van der Waals surface area contributed by atoms with Crippen molar-refractivity contribution in [3.8, 4) is 5.75 Å². The number of hydrogen-bond donors (Lipinski definition) is 4. The molecule has 118 valence electrons. The predicted octanol–water partition coefficient (Wildman–Crippen LogP) is 0.483. The highest BCUT2D eigenvalue weighted by molar-refractivity contribution is 7.98. The Hall–Kier alpha value is -1.29. The Kier molecular flexibility index (Phi) is 5.62. The van der Waals surface area contributed by atoms with E-state index in [2.05, 4.69) is 4.72 Å². The van der Waals surface area contributed by atoms with Crippen LogP contribution in [-0.2, 0) is 10.0 Å². The molecule has 21 heavy (non-hydrogen) atoms. The van der Waals surface area contributed by atoms with Crippen molar-refractivity contribution >= 4 is 27.8 Å². The number of carboxylic acids is 1. The molecule has 0 bridgehead atoms. The van der Waals surface area contributed by atoms with Crippen molar-refractivity contribution in [2.45, 2.75) is 17.4 Å². The van der Waals surface area contributed by atoms with Crippen LogP contribution in [0.25, 0.3) is 0 Å². The lowest BCUT2D eigenvalue weighted by atomic mass is 10.1. The second-order valence-corrected chi connectivity index (χ2v) is 7.37. The van der Waals surface area contributed by atoms with E-state index in [1.807, 2.05) is 0 Å². The molecule has 9 heteroatoms. The normalized spacial score (nSPS) is 14.6. The van der Waals surface area contributed by atoms with Crippen LogP contribution in [0.3, 0.4) is 0 Å². The SMILES string of the molecule is CSCC(C)(O)CNS(=O)(=O)c1ccc(O)c(C(=O)O)c1. The molecule has 1 rings (SSSR count). The van der Waals surface area contributed by atoms with E-state index in [9.17, 15) is 23.4 Å². The van der Waals surface area contributed by atoms with Crippen LogP contribution >= 0.6 is 11.8 Å². The van der Waals surface area contributed by atoms with Crippen LogP contribution in [0.1, 0.15) is 17.3 Å².